The molecular formula is C20H20O8. The maximum atomic E-state index is 13.3. The number of esters is 2. The Morgan fingerprint density at radius 1 is 1.18 bits per heavy atom. The molecule has 2 spiro atoms. The zero-order valence-corrected chi connectivity index (χ0v) is 15.4. The lowest BCUT2D eigenvalue weighted by Gasteiger charge is -2.69. The second-order valence-corrected chi connectivity index (χ2v) is 8.47. The molecule has 6 rings (SSSR count). The smallest absolute Gasteiger partial charge is 0.341 e. The van der Waals surface area contributed by atoms with Crippen LogP contribution < -0.4 is 0 Å². The van der Waals surface area contributed by atoms with E-state index in [9.17, 15) is 19.8 Å². The van der Waals surface area contributed by atoms with Crippen molar-refractivity contribution in [3.63, 3.8) is 0 Å². The topological polar surface area (TPSA) is 112 Å². The van der Waals surface area contributed by atoms with Crippen LogP contribution in [-0.4, -0.2) is 60.0 Å². The van der Waals surface area contributed by atoms with Gasteiger partial charge >= 0.3 is 11.9 Å². The molecule has 1 saturated carbocycles. The van der Waals surface area contributed by atoms with Crippen LogP contribution in [-0.2, 0) is 28.5 Å². The summed E-state index contributed by atoms with van der Waals surface area (Å²) in [6.45, 7) is 3.72. The van der Waals surface area contributed by atoms with Crippen molar-refractivity contribution in [2.75, 3.05) is 13.2 Å². The van der Waals surface area contributed by atoms with E-state index < -0.39 is 59.2 Å². The molecule has 1 saturated heterocycles. The molecule has 28 heavy (non-hydrogen) atoms. The number of carbonyl (C=O) groups excluding carboxylic acids is 2. The number of fused-ring (bicyclic) bond motifs is 1. The maximum absolute atomic E-state index is 13.3. The van der Waals surface area contributed by atoms with E-state index in [4.69, 9.17) is 18.9 Å². The number of aliphatic hydroxyl groups is 2. The Kier molecular flexibility index (Phi) is 2.92. The Labute approximate surface area is 160 Å². The van der Waals surface area contributed by atoms with Crippen LogP contribution in [0.1, 0.15) is 13.8 Å². The molecule has 148 valence electrons. The van der Waals surface area contributed by atoms with E-state index in [1.807, 2.05) is 13.0 Å². The van der Waals surface area contributed by atoms with Crippen molar-refractivity contribution < 1.29 is 38.7 Å². The predicted molar refractivity (Wildman–Crippen MR) is 90.1 cm³/mol. The first kappa shape index (κ1) is 16.8. The van der Waals surface area contributed by atoms with Gasteiger partial charge in [0, 0.05) is 11.5 Å². The molecule has 0 unspecified atom stereocenters. The van der Waals surface area contributed by atoms with Gasteiger partial charge in [-0.15, -0.1) is 0 Å². The SMILES string of the molecule is C[C@@H]1O[C@@H]2C3=C4C(=CO[C@@H](O)[C@@]45[C@H](C)[C@@]24C(=O)OCC=C4[C@H]1[C@@H]5O)C(=O)OC3. The monoisotopic (exact) mass is 388 g/mol. The van der Waals surface area contributed by atoms with Crippen molar-refractivity contribution >= 4 is 11.9 Å². The van der Waals surface area contributed by atoms with Crippen LogP contribution in [0.4, 0.5) is 0 Å². The summed E-state index contributed by atoms with van der Waals surface area (Å²) in [5, 5.41) is 22.7. The molecule has 2 fully saturated rings. The first-order valence-corrected chi connectivity index (χ1v) is 9.53. The molecule has 8 atom stereocenters. The fourth-order valence-electron chi connectivity index (χ4n) is 6.80. The average molecular weight is 388 g/mol. The lowest BCUT2D eigenvalue weighted by atomic mass is 9.38. The van der Waals surface area contributed by atoms with Crippen LogP contribution >= 0.6 is 0 Å². The summed E-state index contributed by atoms with van der Waals surface area (Å²) in [6.07, 6.45) is -0.574. The number of rotatable bonds is 0. The van der Waals surface area contributed by atoms with E-state index in [0.717, 1.165) is 5.57 Å². The highest BCUT2D eigenvalue weighted by atomic mass is 16.6. The maximum Gasteiger partial charge on any atom is 0.341 e. The minimum Gasteiger partial charge on any atom is -0.471 e. The third-order valence-electron chi connectivity index (χ3n) is 7.83. The largest absolute Gasteiger partial charge is 0.471 e. The first-order valence-electron chi connectivity index (χ1n) is 9.53. The van der Waals surface area contributed by atoms with E-state index in [2.05, 4.69) is 0 Å². The average Bonchev–Trinajstić information content (AvgIpc) is 2.66. The van der Waals surface area contributed by atoms with E-state index in [1.54, 1.807) is 6.92 Å². The van der Waals surface area contributed by atoms with Crippen LogP contribution in [0.25, 0.3) is 0 Å². The Hall–Kier alpha value is -2.16. The zero-order valence-electron chi connectivity index (χ0n) is 15.4. The molecule has 6 aliphatic rings. The third kappa shape index (κ3) is 1.41. The van der Waals surface area contributed by atoms with Gasteiger partial charge < -0.3 is 29.2 Å². The van der Waals surface area contributed by atoms with Gasteiger partial charge in [0.15, 0.2) is 0 Å². The van der Waals surface area contributed by atoms with Crippen LogP contribution in [0.15, 0.2) is 34.6 Å². The van der Waals surface area contributed by atoms with Crippen molar-refractivity contribution in [3.8, 4) is 0 Å². The fraction of sp³-hybridized carbons (Fsp3) is 0.600. The van der Waals surface area contributed by atoms with Gasteiger partial charge in [0.2, 0.25) is 6.29 Å². The Morgan fingerprint density at radius 2 is 1.96 bits per heavy atom. The molecule has 4 heterocycles. The Bertz CT molecular complexity index is 930. The van der Waals surface area contributed by atoms with Crippen molar-refractivity contribution in [1.82, 2.24) is 0 Å². The summed E-state index contributed by atoms with van der Waals surface area (Å²) in [4.78, 5) is 25.7. The Balaban J connectivity index is 1.78. The summed E-state index contributed by atoms with van der Waals surface area (Å²) in [5.74, 6) is -2.15. The summed E-state index contributed by atoms with van der Waals surface area (Å²) in [7, 11) is 0. The van der Waals surface area contributed by atoms with Crippen molar-refractivity contribution in [1.29, 1.82) is 0 Å². The molecule has 8 heteroatoms. The van der Waals surface area contributed by atoms with Gasteiger partial charge in [-0.25, -0.2) is 4.79 Å². The number of aliphatic hydroxyl groups excluding tert-OH is 2. The van der Waals surface area contributed by atoms with Gasteiger partial charge in [0.1, 0.15) is 31.0 Å². The number of ether oxygens (including phenoxy) is 4. The molecular weight excluding hydrogens is 368 g/mol. The zero-order chi connectivity index (χ0) is 19.6. The molecule has 0 amide bonds. The molecule has 3 bridgehead atoms. The summed E-state index contributed by atoms with van der Waals surface area (Å²) >= 11 is 0. The van der Waals surface area contributed by atoms with Gasteiger partial charge in [-0.05, 0) is 30.1 Å². The quantitative estimate of drug-likeness (QED) is 0.439. The van der Waals surface area contributed by atoms with E-state index in [0.29, 0.717) is 11.1 Å². The third-order valence-corrected chi connectivity index (χ3v) is 7.83. The molecule has 0 aromatic rings. The van der Waals surface area contributed by atoms with E-state index >= 15 is 0 Å². The Morgan fingerprint density at radius 3 is 2.75 bits per heavy atom. The van der Waals surface area contributed by atoms with Gasteiger partial charge in [-0.3, -0.25) is 4.79 Å². The second-order valence-electron chi connectivity index (χ2n) is 8.47. The summed E-state index contributed by atoms with van der Waals surface area (Å²) < 4.78 is 22.6. The summed E-state index contributed by atoms with van der Waals surface area (Å²) in [6, 6.07) is 0. The summed E-state index contributed by atoms with van der Waals surface area (Å²) in [5.41, 5.74) is -0.473. The molecule has 2 N–H and O–H groups in total. The molecule has 0 radical (unpaired) electrons. The first-order chi connectivity index (χ1) is 13.4. The van der Waals surface area contributed by atoms with Gasteiger partial charge in [0.25, 0.3) is 0 Å². The number of carbonyl (C=O) groups is 2. The second kappa shape index (κ2) is 4.87. The molecule has 0 aromatic carbocycles. The lowest BCUT2D eigenvalue weighted by Crippen LogP contribution is -2.77. The highest BCUT2D eigenvalue weighted by molar-refractivity contribution is 5.97. The number of hydrogen-bond donors (Lipinski definition) is 2. The van der Waals surface area contributed by atoms with Gasteiger partial charge in [-0.2, -0.15) is 0 Å². The predicted octanol–water partition coefficient (Wildman–Crippen LogP) is -0.0440. The number of cyclic esters (lactones) is 2. The van der Waals surface area contributed by atoms with Crippen LogP contribution in [0.5, 0.6) is 0 Å². The van der Waals surface area contributed by atoms with E-state index in [-0.39, 0.29) is 18.8 Å². The normalized spacial score (nSPS) is 50.6. The molecule has 8 nitrogen and oxygen atoms in total. The highest BCUT2D eigenvalue weighted by Crippen LogP contribution is 2.72. The fourth-order valence-corrected chi connectivity index (χ4v) is 6.80. The lowest BCUT2D eigenvalue weighted by molar-refractivity contribution is -0.285. The minimum atomic E-state index is -1.42. The minimum absolute atomic E-state index is 0.0657. The van der Waals surface area contributed by atoms with E-state index in [1.165, 1.54) is 6.26 Å². The highest BCUT2D eigenvalue weighted by Gasteiger charge is 2.79. The molecule has 4 aliphatic heterocycles. The van der Waals surface area contributed by atoms with Gasteiger partial charge in [0.05, 0.1) is 23.2 Å². The van der Waals surface area contributed by atoms with Crippen molar-refractivity contribution in [2.24, 2.45) is 22.7 Å². The van der Waals surface area contributed by atoms with Crippen LogP contribution in [0, 0.1) is 22.7 Å². The molecule has 2 aliphatic carbocycles. The van der Waals surface area contributed by atoms with Gasteiger partial charge in [-0.1, -0.05) is 6.92 Å². The number of hydrogen-bond acceptors (Lipinski definition) is 8. The standard InChI is InChI=1S/C20H20O8/c1-7-12-11-3-4-25-17(23)19(11)8(2)20(14(12)21)13-9(15(19)28-7)5-26-16(22)10(13)6-27-18(20)24/h3,6-8,12,14-15,18,21,24H,4-5H2,1-2H3/t7-,8+,12-,14-,15+,18+,19-,20-/m0/s1. The molecule has 0 aromatic heterocycles. The van der Waals surface area contributed by atoms with Crippen molar-refractivity contribution in [2.45, 2.75) is 38.4 Å². The van der Waals surface area contributed by atoms with Crippen LogP contribution in [0.2, 0.25) is 0 Å². The van der Waals surface area contributed by atoms with Crippen molar-refractivity contribution in [3.05, 3.63) is 34.6 Å². The van der Waals surface area contributed by atoms with Crippen LogP contribution in [0.3, 0.4) is 0 Å².